The van der Waals surface area contributed by atoms with Crippen molar-refractivity contribution in [1.82, 2.24) is 10.2 Å². The number of hydrogen-bond donors (Lipinski definition) is 1. The molecule has 25 heavy (non-hydrogen) atoms. The van der Waals surface area contributed by atoms with Crippen LogP contribution in [0.15, 0.2) is 35.3 Å². The predicted molar refractivity (Wildman–Crippen MR) is 106 cm³/mol. The van der Waals surface area contributed by atoms with Crippen LogP contribution < -0.4 is 5.32 Å². The second-order valence-corrected chi connectivity index (χ2v) is 7.91. The lowest BCUT2D eigenvalue weighted by Crippen LogP contribution is -2.39. The van der Waals surface area contributed by atoms with E-state index in [-0.39, 0.29) is 5.91 Å². The summed E-state index contributed by atoms with van der Waals surface area (Å²) in [6, 6.07) is 10.4. The van der Waals surface area contributed by atoms with E-state index in [9.17, 15) is 4.79 Å². The van der Waals surface area contributed by atoms with Gasteiger partial charge in [-0.15, -0.1) is 0 Å². The molecule has 3 rings (SSSR count). The molecule has 0 bridgehead atoms. The lowest BCUT2D eigenvalue weighted by molar-refractivity contribution is -0.119. The number of nitrogens with zero attached hydrogens (tertiary/aromatic N) is 2. The number of amides is 1. The fourth-order valence-electron chi connectivity index (χ4n) is 3.54. The van der Waals surface area contributed by atoms with Crippen LogP contribution in [0.4, 0.5) is 5.69 Å². The number of carbonyl (C=O) groups excluding carboxylic acids is 1. The topological polar surface area (TPSA) is 44.7 Å². The van der Waals surface area contributed by atoms with Crippen molar-refractivity contribution in [2.45, 2.75) is 57.4 Å². The van der Waals surface area contributed by atoms with Gasteiger partial charge >= 0.3 is 0 Å². The zero-order chi connectivity index (χ0) is 17.3. The van der Waals surface area contributed by atoms with Crippen molar-refractivity contribution >= 4 is 28.5 Å². The van der Waals surface area contributed by atoms with Gasteiger partial charge in [0.15, 0.2) is 5.17 Å². The highest BCUT2D eigenvalue weighted by atomic mass is 32.2. The summed E-state index contributed by atoms with van der Waals surface area (Å²) in [7, 11) is 0. The summed E-state index contributed by atoms with van der Waals surface area (Å²) in [6.45, 7) is 2.09. The number of benzene rings is 1. The molecule has 4 nitrogen and oxygen atoms in total. The minimum Gasteiger partial charge on any atom is -0.353 e. The van der Waals surface area contributed by atoms with Crippen molar-refractivity contribution in [3.8, 4) is 0 Å². The van der Waals surface area contributed by atoms with Crippen LogP contribution in [0.3, 0.4) is 0 Å². The van der Waals surface area contributed by atoms with Crippen LogP contribution in [0.2, 0.25) is 0 Å². The highest BCUT2D eigenvalue weighted by Crippen LogP contribution is 2.21. The first-order valence-corrected chi connectivity index (χ1v) is 10.6. The third-order valence-corrected chi connectivity index (χ3v) is 5.92. The number of hydrogen-bond acceptors (Lipinski definition) is 3. The Hall–Kier alpha value is -1.49. The van der Waals surface area contributed by atoms with Gasteiger partial charge in [0.2, 0.25) is 5.91 Å². The molecule has 1 saturated heterocycles. The van der Waals surface area contributed by atoms with E-state index in [0.717, 1.165) is 36.8 Å². The Labute approximate surface area is 155 Å². The molecule has 0 radical (unpaired) electrons. The maximum Gasteiger partial charge on any atom is 0.230 e. The number of carbonyl (C=O) groups is 1. The summed E-state index contributed by atoms with van der Waals surface area (Å²) < 4.78 is 0. The predicted octanol–water partition coefficient (Wildman–Crippen LogP) is 4.34. The SMILES string of the molecule is O=C(CSC(=Nc1ccccc1)N1CCCCC1)NC1CCCCC1. The smallest absolute Gasteiger partial charge is 0.230 e. The third kappa shape index (κ3) is 6.07. The number of aliphatic imine (C=N–C) groups is 1. The Morgan fingerprint density at radius 1 is 1.04 bits per heavy atom. The van der Waals surface area contributed by atoms with Crippen LogP contribution in [-0.2, 0) is 4.79 Å². The fourth-order valence-corrected chi connectivity index (χ4v) is 4.42. The highest BCUT2D eigenvalue weighted by Gasteiger charge is 2.19. The van der Waals surface area contributed by atoms with Crippen LogP contribution in [0.1, 0.15) is 51.4 Å². The van der Waals surface area contributed by atoms with Crippen molar-refractivity contribution in [2.75, 3.05) is 18.8 Å². The van der Waals surface area contributed by atoms with Gasteiger partial charge in [-0.25, -0.2) is 4.99 Å². The maximum atomic E-state index is 12.3. The van der Waals surface area contributed by atoms with Gasteiger partial charge in [0.25, 0.3) is 0 Å². The molecule has 0 aromatic heterocycles. The van der Waals surface area contributed by atoms with Crippen LogP contribution in [0.25, 0.3) is 0 Å². The lowest BCUT2D eigenvalue weighted by atomic mass is 9.95. The van der Waals surface area contributed by atoms with Gasteiger partial charge in [-0.05, 0) is 44.2 Å². The number of amidine groups is 1. The number of nitrogens with one attached hydrogen (secondary N) is 1. The van der Waals surface area contributed by atoms with Gasteiger partial charge in [-0.1, -0.05) is 49.2 Å². The Bertz CT molecular complexity index is 564. The molecule has 5 heteroatoms. The average molecular weight is 360 g/mol. The van der Waals surface area contributed by atoms with E-state index in [1.165, 1.54) is 38.5 Å². The van der Waals surface area contributed by atoms with Gasteiger partial charge in [-0.3, -0.25) is 4.79 Å². The summed E-state index contributed by atoms with van der Waals surface area (Å²) in [5.41, 5.74) is 0.961. The van der Waals surface area contributed by atoms with Crippen molar-refractivity contribution in [1.29, 1.82) is 0 Å². The van der Waals surface area contributed by atoms with E-state index in [1.54, 1.807) is 11.8 Å². The first-order chi connectivity index (χ1) is 12.3. The molecule has 1 amide bonds. The second-order valence-electron chi connectivity index (χ2n) is 6.97. The van der Waals surface area contributed by atoms with Crippen molar-refractivity contribution in [2.24, 2.45) is 4.99 Å². The molecule has 0 unspecified atom stereocenters. The Kier molecular flexibility index (Phi) is 7.22. The van der Waals surface area contributed by atoms with Crippen molar-refractivity contribution in [3.63, 3.8) is 0 Å². The molecule has 1 aliphatic carbocycles. The first-order valence-electron chi connectivity index (χ1n) is 9.62. The number of rotatable bonds is 4. The molecule has 2 aliphatic rings. The highest BCUT2D eigenvalue weighted by molar-refractivity contribution is 8.14. The molecular formula is C20H29N3OS. The van der Waals surface area contributed by atoms with Gasteiger partial charge in [-0.2, -0.15) is 0 Å². The zero-order valence-corrected chi connectivity index (χ0v) is 15.8. The summed E-state index contributed by atoms with van der Waals surface area (Å²) >= 11 is 1.58. The van der Waals surface area contributed by atoms with Gasteiger partial charge in [0.05, 0.1) is 11.4 Å². The number of likely N-dealkylation sites (tertiary alicyclic amines) is 1. The van der Waals surface area contributed by atoms with Crippen LogP contribution in [0.5, 0.6) is 0 Å². The van der Waals surface area contributed by atoms with Gasteiger partial charge < -0.3 is 10.2 Å². The van der Waals surface area contributed by atoms with Crippen molar-refractivity contribution in [3.05, 3.63) is 30.3 Å². The van der Waals surface area contributed by atoms with E-state index in [0.29, 0.717) is 11.8 Å². The largest absolute Gasteiger partial charge is 0.353 e. The van der Waals surface area contributed by atoms with E-state index < -0.39 is 0 Å². The Morgan fingerprint density at radius 3 is 2.44 bits per heavy atom. The average Bonchev–Trinajstić information content (AvgIpc) is 2.67. The molecule has 1 aromatic carbocycles. The van der Waals surface area contributed by atoms with E-state index in [4.69, 9.17) is 4.99 Å². The summed E-state index contributed by atoms with van der Waals surface area (Å²) in [5.74, 6) is 0.605. The monoisotopic (exact) mass is 359 g/mol. The lowest BCUT2D eigenvalue weighted by Gasteiger charge is -2.29. The molecule has 1 saturated carbocycles. The van der Waals surface area contributed by atoms with Gasteiger partial charge in [0.1, 0.15) is 0 Å². The fraction of sp³-hybridized carbons (Fsp3) is 0.600. The molecule has 0 spiro atoms. The second kappa shape index (κ2) is 9.85. The molecule has 1 aromatic rings. The summed E-state index contributed by atoms with van der Waals surface area (Å²) in [5, 5.41) is 4.20. The molecule has 0 atom stereocenters. The standard InChI is InChI=1S/C20H29N3OS/c24-19(21-17-10-4-1-5-11-17)16-25-20(23-14-8-3-9-15-23)22-18-12-6-2-7-13-18/h2,6-7,12-13,17H,1,3-5,8-11,14-16H2,(H,21,24). The summed E-state index contributed by atoms with van der Waals surface area (Å²) in [6.07, 6.45) is 9.78. The number of para-hydroxylation sites is 1. The third-order valence-electron chi connectivity index (χ3n) is 4.91. The van der Waals surface area contributed by atoms with E-state index >= 15 is 0 Å². The van der Waals surface area contributed by atoms with Crippen molar-refractivity contribution < 1.29 is 4.79 Å². The Morgan fingerprint density at radius 2 is 1.72 bits per heavy atom. The van der Waals surface area contributed by atoms with Crippen LogP contribution in [-0.4, -0.2) is 40.9 Å². The zero-order valence-electron chi connectivity index (χ0n) is 15.0. The molecule has 1 heterocycles. The summed E-state index contributed by atoms with van der Waals surface area (Å²) in [4.78, 5) is 19.5. The van der Waals surface area contributed by atoms with E-state index in [2.05, 4.69) is 10.2 Å². The normalized spacial score (nSPS) is 19.7. The minimum atomic E-state index is 0.148. The molecule has 1 aliphatic heterocycles. The van der Waals surface area contributed by atoms with Gasteiger partial charge in [0, 0.05) is 19.1 Å². The molecule has 2 fully saturated rings. The number of piperidine rings is 1. The first kappa shape index (κ1) is 18.3. The number of thioether (sulfide) groups is 1. The van der Waals surface area contributed by atoms with Crippen LogP contribution >= 0.6 is 11.8 Å². The van der Waals surface area contributed by atoms with E-state index in [1.807, 2.05) is 30.3 Å². The maximum absolute atomic E-state index is 12.3. The minimum absolute atomic E-state index is 0.148. The molecule has 1 N–H and O–H groups in total. The van der Waals surface area contributed by atoms with Crippen LogP contribution in [0, 0.1) is 0 Å². The molecular weight excluding hydrogens is 330 g/mol. The Balaban J connectivity index is 1.59. The quantitative estimate of drug-likeness (QED) is 0.642. The molecule has 136 valence electrons.